The standard InChI is InChI=1S/C20H21N3O4.C2H6/c1-13-7-6-10-16(22(2)3)19(13)14-8-4-5-9-15(14)21-20(26)27-23-17(24)11-12-18(23)25;1-2/h4-10H,11-12H2,1-3H3,(H,21,26);1-2H3. The van der Waals surface area contributed by atoms with E-state index in [0.29, 0.717) is 10.8 Å². The molecule has 154 valence electrons. The maximum absolute atomic E-state index is 12.3. The molecule has 0 saturated carbocycles. The number of anilines is 2. The van der Waals surface area contributed by atoms with Gasteiger partial charge in [0.25, 0.3) is 11.8 Å². The van der Waals surface area contributed by atoms with Crippen molar-refractivity contribution in [3.8, 4) is 11.1 Å². The van der Waals surface area contributed by atoms with E-state index in [1.807, 2.05) is 70.1 Å². The van der Waals surface area contributed by atoms with Crippen molar-refractivity contribution in [3.63, 3.8) is 0 Å². The molecule has 0 bridgehead atoms. The molecule has 1 aliphatic heterocycles. The normalized spacial score (nSPS) is 12.9. The molecule has 0 aromatic heterocycles. The van der Waals surface area contributed by atoms with Crippen molar-refractivity contribution in [1.82, 2.24) is 5.06 Å². The van der Waals surface area contributed by atoms with Crippen molar-refractivity contribution >= 4 is 29.3 Å². The summed E-state index contributed by atoms with van der Waals surface area (Å²) in [5.74, 6) is -1.03. The van der Waals surface area contributed by atoms with Crippen LogP contribution in [0.15, 0.2) is 42.5 Å². The van der Waals surface area contributed by atoms with Gasteiger partial charge in [0.2, 0.25) is 0 Å². The summed E-state index contributed by atoms with van der Waals surface area (Å²) in [5, 5.41) is 3.17. The van der Waals surface area contributed by atoms with Crippen LogP contribution in [0.1, 0.15) is 32.3 Å². The van der Waals surface area contributed by atoms with Crippen LogP contribution in [0.25, 0.3) is 11.1 Å². The lowest BCUT2D eigenvalue weighted by molar-refractivity contribution is -0.170. The Morgan fingerprint density at radius 2 is 1.62 bits per heavy atom. The largest absolute Gasteiger partial charge is 0.436 e. The minimum atomic E-state index is -0.883. The molecule has 0 aliphatic carbocycles. The van der Waals surface area contributed by atoms with Gasteiger partial charge in [0.15, 0.2) is 0 Å². The van der Waals surface area contributed by atoms with Crippen LogP contribution in [0.2, 0.25) is 0 Å². The zero-order valence-corrected chi connectivity index (χ0v) is 17.5. The Morgan fingerprint density at radius 3 is 2.24 bits per heavy atom. The monoisotopic (exact) mass is 397 g/mol. The van der Waals surface area contributed by atoms with Gasteiger partial charge in [0, 0.05) is 43.8 Å². The number of amides is 3. The minimum Gasteiger partial charge on any atom is -0.377 e. The molecule has 1 fully saturated rings. The smallest absolute Gasteiger partial charge is 0.377 e. The molecule has 3 amide bonds. The lowest BCUT2D eigenvalue weighted by atomic mass is 9.96. The van der Waals surface area contributed by atoms with Gasteiger partial charge in [-0.3, -0.25) is 14.9 Å². The van der Waals surface area contributed by atoms with Gasteiger partial charge in [-0.2, -0.15) is 0 Å². The average Bonchev–Trinajstić information content (AvgIpc) is 3.02. The molecule has 0 atom stereocenters. The number of carbonyl (C=O) groups is 3. The molecular weight excluding hydrogens is 370 g/mol. The van der Waals surface area contributed by atoms with Crippen molar-refractivity contribution < 1.29 is 19.2 Å². The van der Waals surface area contributed by atoms with Crippen molar-refractivity contribution in [3.05, 3.63) is 48.0 Å². The number of imide groups is 1. The van der Waals surface area contributed by atoms with Crippen LogP contribution >= 0.6 is 0 Å². The fourth-order valence-corrected chi connectivity index (χ4v) is 3.06. The first-order valence-corrected chi connectivity index (χ1v) is 9.59. The Morgan fingerprint density at radius 1 is 1.00 bits per heavy atom. The van der Waals surface area contributed by atoms with E-state index < -0.39 is 17.9 Å². The van der Waals surface area contributed by atoms with Crippen molar-refractivity contribution in [2.24, 2.45) is 0 Å². The second kappa shape index (κ2) is 9.73. The van der Waals surface area contributed by atoms with Gasteiger partial charge in [-0.1, -0.05) is 44.2 Å². The predicted molar refractivity (Wildman–Crippen MR) is 113 cm³/mol. The van der Waals surface area contributed by atoms with Crippen LogP contribution in [0, 0.1) is 6.92 Å². The summed E-state index contributed by atoms with van der Waals surface area (Å²) >= 11 is 0. The molecule has 1 aliphatic rings. The van der Waals surface area contributed by atoms with Crippen LogP contribution in [-0.4, -0.2) is 37.1 Å². The van der Waals surface area contributed by atoms with E-state index >= 15 is 0 Å². The lowest BCUT2D eigenvalue weighted by Crippen LogP contribution is -2.34. The number of benzene rings is 2. The summed E-state index contributed by atoms with van der Waals surface area (Å²) in [4.78, 5) is 42.4. The lowest BCUT2D eigenvalue weighted by Gasteiger charge is -2.21. The predicted octanol–water partition coefficient (Wildman–Crippen LogP) is 4.37. The van der Waals surface area contributed by atoms with Crippen molar-refractivity contribution in [2.75, 3.05) is 24.3 Å². The van der Waals surface area contributed by atoms with Crippen LogP contribution < -0.4 is 10.2 Å². The van der Waals surface area contributed by atoms with Gasteiger partial charge in [-0.25, -0.2) is 4.79 Å². The fraction of sp³-hybridized carbons (Fsp3) is 0.318. The van der Waals surface area contributed by atoms with E-state index in [4.69, 9.17) is 4.84 Å². The van der Waals surface area contributed by atoms with Gasteiger partial charge < -0.3 is 9.74 Å². The Balaban J connectivity index is 0.00000145. The quantitative estimate of drug-likeness (QED) is 0.775. The molecule has 1 heterocycles. The summed E-state index contributed by atoms with van der Waals surface area (Å²) in [6.45, 7) is 6.00. The van der Waals surface area contributed by atoms with Gasteiger partial charge in [0.1, 0.15) is 0 Å². The first-order valence-electron chi connectivity index (χ1n) is 9.59. The van der Waals surface area contributed by atoms with Crippen LogP contribution in [0.5, 0.6) is 0 Å². The first-order chi connectivity index (χ1) is 13.9. The van der Waals surface area contributed by atoms with Crippen molar-refractivity contribution in [1.29, 1.82) is 0 Å². The number of hydroxylamine groups is 2. The molecule has 2 aromatic rings. The summed E-state index contributed by atoms with van der Waals surface area (Å²) in [6.07, 6.45) is -0.776. The maximum Gasteiger partial charge on any atom is 0.436 e. The second-order valence-corrected chi connectivity index (χ2v) is 6.49. The molecule has 2 aromatic carbocycles. The highest BCUT2D eigenvalue weighted by atomic mass is 16.7. The molecule has 1 N–H and O–H groups in total. The third kappa shape index (κ3) is 4.93. The fourth-order valence-electron chi connectivity index (χ4n) is 3.06. The van der Waals surface area contributed by atoms with Gasteiger partial charge in [-0.15, -0.1) is 5.06 Å². The SMILES string of the molecule is CC.Cc1cccc(N(C)C)c1-c1ccccc1NC(=O)ON1C(=O)CCC1=O. The van der Waals surface area contributed by atoms with Crippen molar-refractivity contribution in [2.45, 2.75) is 33.6 Å². The van der Waals surface area contributed by atoms with E-state index in [1.54, 1.807) is 12.1 Å². The van der Waals surface area contributed by atoms with Crippen LogP contribution in [0.3, 0.4) is 0 Å². The van der Waals surface area contributed by atoms with Crippen LogP contribution in [-0.2, 0) is 14.4 Å². The Labute approximate surface area is 171 Å². The maximum atomic E-state index is 12.3. The highest BCUT2D eigenvalue weighted by molar-refractivity contribution is 6.02. The summed E-state index contributed by atoms with van der Waals surface area (Å²) in [5.41, 5.74) is 4.37. The molecule has 0 radical (unpaired) electrons. The third-order valence-corrected chi connectivity index (χ3v) is 4.35. The number of hydrogen-bond donors (Lipinski definition) is 1. The molecule has 7 nitrogen and oxygen atoms in total. The first kappa shape index (κ1) is 21.9. The summed E-state index contributed by atoms with van der Waals surface area (Å²) in [7, 11) is 3.90. The summed E-state index contributed by atoms with van der Waals surface area (Å²) < 4.78 is 0. The average molecular weight is 397 g/mol. The Bertz CT molecular complexity index is 893. The highest BCUT2D eigenvalue weighted by Crippen LogP contribution is 2.37. The molecule has 3 rings (SSSR count). The zero-order valence-electron chi connectivity index (χ0n) is 17.5. The number of nitrogens with one attached hydrogen (secondary N) is 1. The second-order valence-electron chi connectivity index (χ2n) is 6.49. The molecule has 7 heteroatoms. The topological polar surface area (TPSA) is 79.0 Å². The minimum absolute atomic E-state index is 0.0537. The molecule has 0 spiro atoms. The number of hydrogen-bond acceptors (Lipinski definition) is 5. The van der Waals surface area contributed by atoms with Gasteiger partial charge in [-0.05, 0) is 24.6 Å². The van der Waals surface area contributed by atoms with Crippen LogP contribution in [0.4, 0.5) is 16.2 Å². The van der Waals surface area contributed by atoms with Gasteiger partial charge in [0.05, 0.1) is 5.69 Å². The number of nitrogens with zero attached hydrogens (tertiary/aromatic N) is 2. The highest BCUT2D eigenvalue weighted by Gasteiger charge is 2.33. The van der Waals surface area contributed by atoms with E-state index in [0.717, 1.165) is 22.4 Å². The van der Waals surface area contributed by atoms with E-state index in [-0.39, 0.29) is 12.8 Å². The number of para-hydroxylation sites is 1. The van der Waals surface area contributed by atoms with E-state index in [1.165, 1.54) is 0 Å². The molecule has 1 saturated heterocycles. The third-order valence-electron chi connectivity index (χ3n) is 4.35. The molecule has 29 heavy (non-hydrogen) atoms. The Kier molecular flexibility index (Phi) is 7.36. The zero-order chi connectivity index (χ0) is 21.6. The van der Waals surface area contributed by atoms with E-state index in [9.17, 15) is 14.4 Å². The van der Waals surface area contributed by atoms with E-state index in [2.05, 4.69) is 5.32 Å². The number of carbonyl (C=O) groups excluding carboxylic acids is 3. The summed E-state index contributed by atoms with van der Waals surface area (Å²) in [6, 6.07) is 13.3. The Hall–Kier alpha value is -3.35. The molecular formula is C22H27N3O4. The number of aryl methyl sites for hydroxylation is 1. The van der Waals surface area contributed by atoms with Gasteiger partial charge >= 0.3 is 6.09 Å². The number of rotatable bonds is 4. The molecule has 0 unspecified atom stereocenters.